The first kappa shape index (κ1) is 13.1. The Labute approximate surface area is 103 Å². The van der Waals surface area contributed by atoms with Gasteiger partial charge in [-0.1, -0.05) is 11.2 Å². The molecule has 0 saturated heterocycles. The molecule has 0 bridgehead atoms. The predicted molar refractivity (Wildman–Crippen MR) is 63.7 cm³/mol. The van der Waals surface area contributed by atoms with E-state index in [1.807, 2.05) is 17.5 Å². The number of hydrogen-bond donors (Lipinski definition) is 1. The van der Waals surface area contributed by atoms with Crippen molar-refractivity contribution in [2.75, 3.05) is 13.7 Å². The minimum absolute atomic E-state index is 0. The van der Waals surface area contributed by atoms with Crippen LogP contribution in [0, 0.1) is 0 Å². The second kappa shape index (κ2) is 5.95. The van der Waals surface area contributed by atoms with E-state index < -0.39 is 0 Å². The Morgan fingerprint density at radius 3 is 3.00 bits per heavy atom. The first-order valence-corrected chi connectivity index (χ1v) is 5.33. The average molecular weight is 262 g/mol. The molecule has 2 N–H and O–H groups in total. The molecule has 5 nitrogen and oxygen atoms in total. The van der Waals surface area contributed by atoms with Gasteiger partial charge in [0.15, 0.2) is 0 Å². The number of nitrogens with two attached hydrogens (primary N) is 1. The molecule has 16 heavy (non-hydrogen) atoms. The van der Waals surface area contributed by atoms with Gasteiger partial charge in [0.1, 0.15) is 6.10 Å². The summed E-state index contributed by atoms with van der Waals surface area (Å²) in [4.78, 5) is 5.19. The number of ether oxygens (including phenoxy) is 1. The summed E-state index contributed by atoms with van der Waals surface area (Å²) in [5.41, 5.74) is 5.49. The van der Waals surface area contributed by atoms with Crippen LogP contribution in [0.3, 0.4) is 0 Å². The standard InChI is InChI=1S/C9H11N3O2S.ClH/c1-13-6(5-10)9-11-8(12-14-9)7-3-2-4-15-7;/h2-4,6H,5,10H2,1H3;1H. The first-order valence-electron chi connectivity index (χ1n) is 4.45. The number of methoxy groups -OCH3 is 1. The molecule has 0 amide bonds. The van der Waals surface area contributed by atoms with Gasteiger partial charge in [0.25, 0.3) is 5.89 Å². The van der Waals surface area contributed by atoms with E-state index in [9.17, 15) is 0 Å². The molecule has 88 valence electrons. The summed E-state index contributed by atoms with van der Waals surface area (Å²) in [6.45, 7) is 0.322. The van der Waals surface area contributed by atoms with Crippen LogP contribution in [0.5, 0.6) is 0 Å². The van der Waals surface area contributed by atoms with E-state index in [1.165, 1.54) is 0 Å². The zero-order chi connectivity index (χ0) is 10.7. The van der Waals surface area contributed by atoms with Crippen LogP contribution in [0.1, 0.15) is 12.0 Å². The quantitative estimate of drug-likeness (QED) is 0.909. The summed E-state index contributed by atoms with van der Waals surface area (Å²) >= 11 is 1.56. The molecule has 0 spiro atoms. The van der Waals surface area contributed by atoms with Crippen LogP contribution in [0.15, 0.2) is 22.0 Å². The van der Waals surface area contributed by atoms with Crippen molar-refractivity contribution in [3.8, 4) is 10.7 Å². The fraction of sp³-hybridized carbons (Fsp3) is 0.333. The molecular formula is C9H12ClN3O2S. The number of aromatic nitrogens is 2. The minimum atomic E-state index is -0.328. The third-order valence-electron chi connectivity index (χ3n) is 1.96. The van der Waals surface area contributed by atoms with Crippen molar-refractivity contribution in [2.24, 2.45) is 5.73 Å². The summed E-state index contributed by atoms with van der Waals surface area (Å²) in [6, 6.07) is 3.87. The molecule has 0 fully saturated rings. The van der Waals surface area contributed by atoms with Crippen molar-refractivity contribution in [3.63, 3.8) is 0 Å². The van der Waals surface area contributed by atoms with Gasteiger partial charge in [0, 0.05) is 13.7 Å². The van der Waals surface area contributed by atoms with Gasteiger partial charge in [0.05, 0.1) is 4.88 Å². The smallest absolute Gasteiger partial charge is 0.257 e. The molecule has 0 aliphatic heterocycles. The van der Waals surface area contributed by atoms with Crippen LogP contribution >= 0.6 is 23.7 Å². The maximum absolute atomic E-state index is 5.49. The highest BCUT2D eigenvalue weighted by molar-refractivity contribution is 7.13. The number of hydrogen-bond acceptors (Lipinski definition) is 6. The molecule has 0 aliphatic rings. The van der Waals surface area contributed by atoms with Gasteiger partial charge in [-0.25, -0.2) is 0 Å². The highest BCUT2D eigenvalue weighted by Gasteiger charge is 2.17. The van der Waals surface area contributed by atoms with E-state index in [1.54, 1.807) is 18.4 Å². The third kappa shape index (κ3) is 2.59. The fourth-order valence-corrected chi connectivity index (χ4v) is 1.82. The van der Waals surface area contributed by atoms with E-state index in [-0.39, 0.29) is 18.5 Å². The van der Waals surface area contributed by atoms with Gasteiger partial charge in [0.2, 0.25) is 5.82 Å². The maximum Gasteiger partial charge on any atom is 0.257 e. The van der Waals surface area contributed by atoms with Crippen molar-refractivity contribution in [1.82, 2.24) is 10.1 Å². The summed E-state index contributed by atoms with van der Waals surface area (Å²) in [5, 5.41) is 5.82. The molecular weight excluding hydrogens is 250 g/mol. The van der Waals surface area contributed by atoms with Crippen LogP contribution < -0.4 is 5.73 Å². The van der Waals surface area contributed by atoms with Crippen LogP contribution in [-0.2, 0) is 4.74 Å². The summed E-state index contributed by atoms with van der Waals surface area (Å²) in [7, 11) is 1.56. The van der Waals surface area contributed by atoms with Gasteiger partial charge in [-0.15, -0.1) is 23.7 Å². The molecule has 0 radical (unpaired) electrons. The number of halogens is 1. The summed E-state index contributed by atoms with van der Waals surface area (Å²) in [5.74, 6) is 0.999. The number of thiophene rings is 1. The van der Waals surface area contributed by atoms with Gasteiger partial charge < -0.3 is 15.0 Å². The zero-order valence-electron chi connectivity index (χ0n) is 8.62. The molecule has 0 aromatic carbocycles. The molecule has 2 aromatic heterocycles. The van der Waals surface area contributed by atoms with Gasteiger partial charge in [-0.2, -0.15) is 4.98 Å². The van der Waals surface area contributed by atoms with E-state index in [0.717, 1.165) is 4.88 Å². The van der Waals surface area contributed by atoms with Crippen LogP contribution in [0.4, 0.5) is 0 Å². The van der Waals surface area contributed by atoms with Gasteiger partial charge in [-0.05, 0) is 11.4 Å². The lowest BCUT2D eigenvalue weighted by molar-refractivity contribution is 0.0804. The van der Waals surface area contributed by atoms with Crippen LogP contribution in [0.25, 0.3) is 10.7 Å². The largest absolute Gasteiger partial charge is 0.370 e. The second-order valence-electron chi connectivity index (χ2n) is 2.89. The van der Waals surface area contributed by atoms with Crippen molar-refractivity contribution in [2.45, 2.75) is 6.10 Å². The van der Waals surface area contributed by atoms with Gasteiger partial charge >= 0.3 is 0 Å². The monoisotopic (exact) mass is 261 g/mol. The normalized spacial score (nSPS) is 12.1. The predicted octanol–water partition coefficient (Wildman–Crippen LogP) is 1.87. The molecule has 7 heteroatoms. The second-order valence-corrected chi connectivity index (χ2v) is 3.84. The Morgan fingerprint density at radius 1 is 1.62 bits per heavy atom. The van der Waals surface area contributed by atoms with Crippen molar-refractivity contribution in [3.05, 3.63) is 23.4 Å². The first-order chi connectivity index (χ1) is 7.35. The average Bonchev–Trinajstić information content (AvgIpc) is 2.89. The number of nitrogens with zero attached hydrogens (tertiary/aromatic N) is 2. The Bertz CT molecular complexity index is 414. The summed E-state index contributed by atoms with van der Waals surface area (Å²) < 4.78 is 10.2. The van der Waals surface area contributed by atoms with E-state index >= 15 is 0 Å². The molecule has 2 heterocycles. The van der Waals surface area contributed by atoms with Crippen molar-refractivity contribution < 1.29 is 9.26 Å². The van der Waals surface area contributed by atoms with Crippen molar-refractivity contribution in [1.29, 1.82) is 0 Å². The van der Waals surface area contributed by atoms with E-state index in [4.69, 9.17) is 15.0 Å². The van der Waals surface area contributed by atoms with Gasteiger partial charge in [-0.3, -0.25) is 0 Å². The maximum atomic E-state index is 5.49. The molecule has 1 atom stereocenters. The Balaban J connectivity index is 0.00000128. The molecule has 0 aliphatic carbocycles. The Morgan fingerprint density at radius 2 is 2.44 bits per heavy atom. The Hall–Kier alpha value is -0.950. The lowest BCUT2D eigenvalue weighted by Crippen LogP contribution is -2.14. The van der Waals surface area contributed by atoms with E-state index in [2.05, 4.69) is 10.1 Å². The summed E-state index contributed by atoms with van der Waals surface area (Å²) in [6.07, 6.45) is -0.328. The molecule has 0 saturated carbocycles. The minimum Gasteiger partial charge on any atom is -0.370 e. The molecule has 2 rings (SSSR count). The third-order valence-corrected chi connectivity index (χ3v) is 2.82. The molecule has 2 aromatic rings. The van der Waals surface area contributed by atoms with Crippen LogP contribution in [-0.4, -0.2) is 23.8 Å². The highest BCUT2D eigenvalue weighted by Crippen LogP contribution is 2.23. The van der Waals surface area contributed by atoms with Crippen molar-refractivity contribution >= 4 is 23.7 Å². The fourth-order valence-electron chi connectivity index (χ4n) is 1.17. The lowest BCUT2D eigenvalue weighted by atomic mass is 10.3. The Kier molecular flexibility index (Phi) is 4.88. The SMILES string of the molecule is COC(CN)c1nc(-c2cccs2)no1.Cl. The number of rotatable bonds is 4. The highest BCUT2D eigenvalue weighted by atomic mass is 35.5. The topological polar surface area (TPSA) is 74.2 Å². The lowest BCUT2D eigenvalue weighted by Gasteiger charge is -2.05. The van der Waals surface area contributed by atoms with Crippen LogP contribution in [0.2, 0.25) is 0 Å². The molecule has 1 unspecified atom stereocenters. The zero-order valence-corrected chi connectivity index (χ0v) is 10.3. The van der Waals surface area contributed by atoms with E-state index in [0.29, 0.717) is 18.3 Å².